The van der Waals surface area contributed by atoms with Gasteiger partial charge in [0.1, 0.15) is 24.2 Å². The predicted molar refractivity (Wildman–Crippen MR) is 132 cm³/mol. The molecule has 192 valence electrons. The van der Waals surface area contributed by atoms with E-state index in [1.807, 2.05) is 30.3 Å². The highest BCUT2D eigenvalue weighted by Gasteiger charge is 2.44. The molecule has 0 aromatic heterocycles. The van der Waals surface area contributed by atoms with E-state index in [4.69, 9.17) is 14.2 Å². The van der Waals surface area contributed by atoms with Gasteiger partial charge in [0.15, 0.2) is 5.79 Å². The summed E-state index contributed by atoms with van der Waals surface area (Å²) in [7, 11) is 0. The van der Waals surface area contributed by atoms with Crippen LogP contribution in [0.25, 0.3) is 0 Å². The van der Waals surface area contributed by atoms with Crippen molar-refractivity contribution < 1.29 is 33.3 Å². The summed E-state index contributed by atoms with van der Waals surface area (Å²) in [5.74, 6) is -2.30. The third-order valence-electron chi connectivity index (χ3n) is 6.92. The highest BCUT2D eigenvalue weighted by molar-refractivity contribution is 5.95. The van der Waals surface area contributed by atoms with Crippen LogP contribution in [0.4, 0.5) is 9.18 Å². The topological polar surface area (TPSA) is 85.3 Å². The average molecular weight is 506 g/mol. The Balaban J connectivity index is 1.42. The van der Waals surface area contributed by atoms with Crippen LogP contribution in [0.3, 0.4) is 0 Å². The van der Waals surface area contributed by atoms with Gasteiger partial charge in [-0.3, -0.25) is 4.79 Å². The SMILES string of the molecule is O=C1OCC(c2ccccc2)N1C(=O)C(CCC1(c2ccc(F)cc2)OCCO1)Cc1ccc(O)cc1. The Morgan fingerprint density at radius 3 is 2.35 bits per heavy atom. The lowest BCUT2D eigenvalue weighted by molar-refractivity contribution is -0.174. The normalized spacial score (nSPS) is 19.5. The van der Waals surface area contributed by atoms with Crippen LogP contribution in [0.15, 0.2) is 78.9 Å². The summed E-state index contributed by atoms with van der Waals surface area (Å²) in [6, 6.07) is 21.4. The molecule has 2 aliphatic rings. The molecule has 2 fully saturated rings. The largest absolute Gasteiger partial charge is 0.508 e. The molecule has 2 atom stereocenters. The van der Waals surface area contributed by atoms with Crippen LogP contribution in [0, 0.1) is 11.7 Å². The second-order valence-corrected chi connectivity index (χ2v) is 9.27. The van der Waals surface area contributed by atoms with Gasteiger partial charge < -0.3 is 19.3 Å². The van der Waals surface area contributed by atoms with Gasteiger partial charge in [-0.05, 0) is 48.2 Å². The molecule has 8 heteroatoms. The van der Waals surface area contributed by atoms with Crippen molar-refractivity contribution in [3.63, 3.8) is 0 Å². The molecule has 37 heavy (non-hydrogen) atoms. The van der Waals surface area contributed by atoms with Gasteiger partial charge >= 0.3 is 6.09 Å². The third kappa shape index (κ3) is 5.35. The molecule has 2 amide bonds. The standard InChI is InChI=1S/C29H28FNO6/c30-24-10-8-23(9-11-24)29(36-16-17-37-29)15-14-22(18-20-6-12-25(32)13-7-20)27(33)31-26(19-35-28(31)34)21-4-2-1-3-5-21/h1-13,22,26,32H,14-19H2. The van der Waals surface area contributed by atoms with Gasteiger partial charge in [-0.25, -0.2) is 14.1 Å². The molecule has 7 nitrogen and oxygen atoms in total. The maximum atomic E-state index is 13.9. The fourth-order valence-corrected chi connectivity index (χ4v) is 4.99. The summed E-state index contributed by atoms with van der Waals surface area (Å²) in [5, 5.41) is 9.70. The minimum atomic E-state index is -1.11. The molecule has 2 aliphatic heterocycles. The van der Waals surface area contributed by atoms with E-state index in [0.29, 0.717) is 38.0 Å². The first-order valence-electron chi connectivity index (χ1n) is 12.3. The zero-order chi connectivity index (χ0) is 25.8. The van der Waals surface area contributed by atoms with Crippen LogP contribution < -0.4 is 0 Å². The smallest absolute Gasteiger partial charge is 0.417 e. The maximum Gasteiger partial charge on any atom is 0.417 e. The molecule has 1 N–H and O–H groups in total. The van der Waals surface area contributed by atoms with E-state index in [2.05, 4.69) is 0 Å². The van der Waals surface area contributed by atoms with Crippen molar-refractivity contribution in [3.8, 4) is 5.75 Å². The summed E-state index contributed by atoms with van der Waals surface area (Å²) < 4.78 is 30.9. The first-order valence-corrected chi connectivity index (χ1v) is 12.3. The molecule has 5 rings (SSSR count). The number of phenolic OH excluding ortho intramolecular Hbond substituents is 1. The molecule has 0 aliphatic carbocycles. The van der Waals surface area contributed by atoms with Gasteiger partial charge in [0.05, 0.1) is 13.2 Å². The monoisotopic (exact) mass is 505 g/mol. The Kier molecular flexibility index (Phi) is 7.21. The number of hydrogen-bond donors (Lipinski definition) is 1. The number of aromatic hydroxyl groups is 1. The molecule has 0 spiro atoms. The van der Waals surface area contributed by atoms with E-state index >= 15 is 0 Å². The van der Waals surface area contributed by atoms with E-state index in [1.165, 1.54) is 17.0 Å². The summed E-state index contributed by atoms with van der Waals surface area (Å²) in [5.41, 5.74) is 2.32. The van der Waals surface area contributed by atoms with Crippen molar-refractivity contribution >= 4 is 12.0 Å². The molecule has 0 radical (unpaired) electrons. The second kappa shape index (κ2) is 10.7. The quantitative estimate of drug-likeness (QED) is 0.459. The highest BCUT2D eigenvalue weighted by atomic mass is 19.1. The van der Waals surface area contributed by atoms with Crippen molar-refractivity contribution in [2.24, 2.45) is 5.92 Å². The number of phenols is 1. The Labute approximate surface area is 214 Å². The molecule has 0 bridgehead atoms. The number of ether oxygens (including phenoxy) is 3. The van der Waals surface area contributed by atoms with E-state index in [0.717, 1.165) is 11.1 Å². The lowest BCUT2D eigenvalue weighted by atomic mass is 9.89. The number of carbonyl (C=O) groups excluding carboxylic acids is 2. The number of halogens is 1. The molecule has 2 unspecified atom stereocenters. The number of cyclic esters (lactones) is 1. The zero-order valence-electron chi connectivity index (χ0n) is 20.2. The molecule has 2 saturated heterocycles. The van der Waals surface area contributed by atoms with Crippen molar-refractivity contribution in [2.75, 3.05) is 19.8 Å². The molecule has 3 aromatic rings. The zero-order valence-corrected chi connectivity index (χ0v) is 20.2. The van der Waals surface area contributed by atoms with Gasteiger partial charge in [0.2, 0.25) is 5.91 Å². The first-order chi connectivity index (χ1) is 17.9. The van der Waals surface area contributed by atoms with E-state index in [1.54, 1.807) is 36.4 Å². The fraction of sp³-hybridized carbons (Fsp3) is 0.310. The van der Waals surface area contributed by atoms with E-state index in [-0.39, 0.29) is 24.1 Å². The van der Waals surface area contributed by atoms with E-state index in [9.17, 15) is 19.1 Å². The van der Waals surface area contributed by atoms with Crippen molar-refractivity contribution in [1.29, 1.82) is 0 Å². The van der Waals surface area contributed by atoms with Crippen LogP contribution in [0.2, 0.25) is 0 Å². The summed E-state index contributed by atoms with van der Waals surface area (Å²) in [4.78, 5) is 27.9. The number of nitrogens with zero attached hydrogens (tertiary/aromatic N) is 1. The third-order valence-corrected chi connectivity index (χ3v) is 6.92. The maximum absolute atomic E-state index is 13.9. The second-order valence-electron chi connectivity index (χ2n) is 9.27. The molecular formula is C29H28FNO6. The highest BCUT2D eigenvalue weighted by Crippen LogP contribution is 2.39. The Hall–Kier alpha value is -3.75. The molecule has 3 aromatic carbocycles. The Bertz CT molecular complexity index is 1230. The number of imide groups is 1. The van der Waals surface area contributed by atoms with Crippen molar-refractivity contribution in [3.05, 3.63) is 101 Å². The Morgan fingerprint density at radius 1 is 1.00 bits per heavy atom. The number of carbonyl (C=O) groups is 2. The fourth-order valence-electron chi connectivity index (χ4n) is 4.99. The van der Waals surface area contributed by atoms with Crippen molar-refractivity contribution in [1.82, 2.24) is 4.90 Å². The average Bonchev–Trinajstić information content (AvgIpc) is 3.56. The minimum absolute atomic E-state index is 0.0895. The summed E-state index contributed by atoms with van der Waals surface area (Å²) >= 11 is 0. The van der Waals surface area contributed by atoms with Crippen LogP contribution in [0.1, 0.15) is 35.6 Å². The molecular weight excluding hydrogens is 477 g/mol. The van der Waals surface area contributed by atoms with Crippen LogP contribution in [0.5, 0.6) is 5.75 Å². The lowest BCUT2D eigenvalue weighted by Crippen LogP contribution is -2.40. The predicted octanol–water partition coefficient (Wildman–Crippen LogP) is 5.09. The number of rotatable bonds is 8. The van der Waals surface area contributed by atoms with Crippen molar-refractivity contribution in [2.45, 2.75) is 31.1 Å². The van der Waals surface area contributed by atoms with Gasteiger partial charge in [-0.2, -0.15) is 0 Å². The van der Waals surface area contributed by atoms with Gasteiger partial charge in [0, 0.05) is 17.9 Å². The summed E-state index contributed by atoms with van der Waals surface area (Å²) in [6.45, 7) is 0.844. The summed E-state index contributed by atoms with van der Waals surface area (Å²) in [6.07, 6.45) is 0.328. The molecule has 0 saturated carbocycles. The Morgan fingerprint density at radius 2 is 1.68 bits per heavy atom. The number of benzene rings is 3. The minimum Gasteiger partial charge on any atom is -0.508 e. The van der Waals surface area contributed by atoms with Crippen LogP contribution >= 0.6 is 0 Å². The van der Waals surface area contributed by atoms with Gasteiger partial charge in [0.25, 0.3) is 0 Å². The van der Waals surface area contributed by atoms with Crippen LogP contribution in [-0.4, -0.2) is 41.8 Å². The lowest BCUT2D eigenvalue weighted by Gasteiger charge is -2.31. The van der Waals surface area contributed by atoms with E-state index < -0.39 is 23.8 Å². The van der Waals surface area contributed by atoms with Gasteiger partial charge in [-0.15, -0.1) is 0 Å². The first kappa shape index (κ1) is 24.9. The van der Waals surface area contributed by atoms with Crippen LogP contribution in [-0.2, 0) is 31.2 Å². The molecule has 2 heterocycles. The number of hydrogen-bond acceptors (Lipinski definition) is 6. The number of amides is 2. The van der Waals surface area contributed by atoms with Gasteiger partial charge in [-0.1, -0.05) is 54.6 Å².